The van der Waals surface area contributed by atoms with Gasteiger partial charge >= 0.3 is 6.09 Å². The number of ketones is 4. The number of nitrogens with zero attached hydrogens (tertiary/aromatic N) is 2. The third-order valence-electron chi connectivity index (χ3n) is 8.58. The number of aromatic hydroxyl groups is 1. The molecule has 0 bridgehead atoms. The van der Waals surface area contributed by atoms with Crippen molar-refractivity contribution in [3.05, 3.63) is 35.4 Å². The number of ether oxygens (including phenoxy) is 1. The van der Waals surface area contributed by atoms with E-state index in [9.17, 15) is 39.0 Å². The number of fused-ring (bicyclic) bond motifs is 3. The lowest BCUT2D eigenvalue weighted by atomic mass is 9.52. The third kappa shape index (κ3) is 4.75. The number of primary amides is 1. The van der Waals surface area contributed by atoms with Crippen LogP contribution in [0.15, 0.2) is 18.7 Å². The molecule has 3 unspecified atom stereocenters. The third-order valence-corrected chi connectivity index (χ3v) is 8.58. The standard InChI is InChI=1S/C29H36N4O9/c1-6-7-8-42-28(40)31-12-14-11-17(32(2)3)15-9-13-10-16-21(33(4)5)24(36)20(27(30)39)26(38)29(16,41)25(37)18(13)23(35)19(15)22(14)34/h6,11,13,16,18,20-21,34,41H,1,7-10,12H2,2-5H3,(H2,30,39)(H,31,40)/t13-,16-,18?,20?,21?,29-/m0/s1. The van der Waals surface area contributed by atoms with Crippen molar-refractivity contribution < 1.29 is 43.7 Å². The number of nitrogens with one attached hydrogen (secondary N) is 1. The maximum absolute atomic E-state index is 14.0. The van der Waals surface area contributed by atoms with Crippen LogP contribution in [0.4, 0.5) is 10.5 Å². The Bertz CT molecular complexity index is 1390. The number of benzene rings is 1. The van der Waals surface area contributed by atoms with Crippen LogP contribution < -0.4 is 16.0 Å². The molecule has 0 saturated heterocycles. The summed E-state index contributed by atoms with van der Waals surface area (Å²) in [4.78, 5) is 82.0. The number of phenols is 1. The number of aliphatic hydroxyl groups is 1. The largest absolute Gasteiger partial charge is 0.507 e. The smallest absolute Gasteiger partial charge is 0.407 e. The van der Waals surface area contributed by atoms with Gasteiger partial charge in [0, 0.05) is 37.8 Å². The fraction of sp³-hybridized carbons (Fsp3) is 0.517. The lowest BCUT2D eigenvalue weighted by molar-refractivity contribution is -0.181. The van der Waals surface area contributed by atoms with Gasteiger partial charge in [-0.25, -0.2) is 4.79 Å². The highest BCUT2D eigenvalue weighted by Crippen LogP contribution is 2.52. The highest BCUT2D eigenvalue weighted by atomic mass is 16.5. The average Bonchev–Trinajstić information content (AvgIpc) is 2.89. The molecule has 1 aromatic rings. The first-order valence-electron chi connectivity index (χ1n) is 13.6. The van der Waals surface area contributed by atoms with Crippen LogP contribution in [0, 0.1) is 23.7 Å². The molecule has 0 aromatic heterocycles. The molecule has 0 heterocycles. The summed E-state index contributed by atoms with van der Waals surface area (Å²) >= 11 is 0. The fourth-order valence-electron chi connectivity index (χ4n) is 6.69. The second kappa shape index (κ2) is 11.3. The van der Waals surface area contributed by atoms with Gasteiger partial charge in [0.05, 0.1) is 24.1 Å². The molecule has 2 amide bonds. The molecule has 4 rings (SSSR count). The number of phenolic OH excluding ortho intramolecular Hbond substituents is 1. The average molecular weight is 585 g/mol. The van der Waals surface area contributed by atoms with Crippen molar-refractivity contribution in [3.63, 3.8) is 0 Å². The van der Waals surface area contributed by atoms with E-state index in [-0.39, 0.29) is 37.1 Å². The predicted octanol–water partition coefficient (Wildman–Crippen LogP) is -0.265. The first kappa shape index (κ1) is 30.8. The molecule has 3 aliphatic rings. The molecule has 6 atom stereocenters. The van der Waals surface area contributed by atoms with E-state index in [1.54, 1.807) is 31.1 Å². The highest BCUT2D eigenvalue weighted by molar-refractivity contribution is 6.32. The van der Waals surface area contributed by atoms with Crippen molar-refractivity contribution in [1.29, 1.82) is 0 Å². The Morgan fingerprint density at radius 2 is 1.86 bits per heavy atom. The first-order valence-corrected chi connectivity index (χ1v) is 13.6. The summed E-state index contributed by atoms with van der Waals surface area (Å²) in [5.74, 6) is -11.2. The van der Waals surface area contributed by atoms with Gasteiger partial charge in [0.15, 0.2) is 34.7 Å². The normalized spacial score (nSPS) is 28.5. The zero-order valence-electron chi connectivity index (χ0n) is 24.0. The number of carbonyl (C=O) groups excluding carboxylic acids is 6. The number of hydrogen-bond donors (Lipinski definition) is 4. The molecule has 0 radical (unpaired) electrons. The van der Waals surface area contributed by atoms with E-state index < -0.39 is 76.2 Å². The molecular weight excluding hydrogens is 548 g/mol. The molecule has 42 heavy (non-hydrogen) atoms. The number of amides is 2. The van der Waals surface area contributed by atoms with E-state index in [4.69, 9.17) is 10.5 Å². The predicted molar refractivity (Wildman–Crippen MR) is 149 cm³/mol. The number of nitrogens with two attached hydrogens (primary N) is 1. The molecular formula is C29H36N4O9. The number of alkyl carbamates (subject to hydrolysis) is 1. The number of anilines is 1. The monoisotopic (exact) mass is 584 g/mol. The summed E-state index contributed by atoms with van der Waals surface area (Å²) in [6.07, 6.45) is 1.38. The maximum Gasteiger partial charge on any atom is 0.407 e. The minimum absolute atomic E-state index is 0.0443. The van der Waals surface area contributed by atoms with Gasteiger partial charge in [-0.3, -0.25) is 28.9 Å². The summed E-state index contributed by atoms with van der Waals surface area (Å²) in [7, 11) is 6.53. The molecule has 0 aliphatic heterocycles. The molecule has 13 heteroatoms. The lowest BCUT2D eigenvalue weighted by Gasteiger charge is -2.52. The Balaban J connectivity index is 1.77. The van der Waals surface area contributed by atoms with E-state index in [1.807, 2.05) is 0 Å². The number of carbonyl (C=O) groups is 6. The minimum Gasteiger partial charge on any atom is -0.507 e. The summed E-state index contributed by atoms with van der Waals surface area (Å²) in [6.45, 7) is 3.46. The fourth-order valence-corrected chi connectivity index (χ4v) is 6.69. The first-order chi connectivity index (χ1) is 19.7. The number of hydrogen-bond acceptors (Lipinski definition) is 11. The van der Waals surface area contributed by atoms with Crippen LogP contribution in [0.3, 0.4) is 0 Å². The van der Waals surface area contributed by atoms with Gasteiger partial charge in [0.1, 0.15) is 5.75 Å². The number of likely N-dealkylation sites (N-methyl/N-ethyl adjacent to an activating group) is 1. The van der Waals surface area contributed by atoms with Gasteiger partial charge in [-0.15, -0.1) is 6.58 Å². The van der Waals surface area contributed by atoms with E-state index in [0.29, 0.717) is 17.7 Å². The molecule has 226 valence electrons. The highest BCUT2D eigenvalue weighted by Gasteiger charge is 2.69. The summed E-state index contributed by atoms with van der Waals surface area (Å²) in [5.41, 5.74) is 3.62. The van der Waals surface area contributed by atoms with Gasteiger partial charge < -0.3 is 30.9 Å². The Hall–Kier alpha value is -4.10. The van der Waals surface area contributed by atoms with Gasteiger partial charge in [0.2, 0.25) is 5.91 Å². The Morgan fingerprint density at radius 1 is 1.19 bits per heavy atom. The van der Waals surface area contributed by atoms with Gasteiger partial charge in [-0.2, -0.15) is 0 Å². The minimum atomic E-state index is -2.80. The van der Waals surface area contributed by atoms with Gasteiger partial charge in [0.25, 0.3) is 0 Å². The number of rotatable bonds is 8. The van der Waals surface area contributed by atoms with Gasteiger partial charge in [-0.05, 0) is 50.9 Å². The molecule has 5 N–H and O–H groups in total. The second-order valence-electron chi connectivity index (χ2n) is 11.5. The number of Topliss-reactive ketones (excluding diaryl/α,β-unsaturated/α-hetero) is 4. The molecule has 13 nitrogen and oxygen atoms in total. The SMILES string of the molecule is C=CCCOC(=O)NCc1cc(N(C)C)c2c(c1O)C(=O)C1C(=O)[C@]3(O)C(=O)C(C(N)=O)C(=O)C(N(C)C)[C@@H]3C[C@@H]1C2. The summed E-state index contributed by atoms with van der Waals surface area (Å²) < 4.78 is 5.03. The Labute approximate surface area is 242 Å². The molecule has 0 spiro atoms. The van der Waals surface area contributed by atoms with Crippen LogP contribution in [0.5, 0.6) is 5.75 Å². The maximum atomic E-state index is 14.0. The zero-order chi connectivity index (χ0) is 31.3. The Morgan fingerprint density at radius 3 is 2.43 bits per heavy atom. The summed E-state index contributed by atoms with van der Waals surface area (Å²) in [6, 6.07) is 0.452. The Kier molecular flexibility index (Phi) is 8.29. The van der Waals surface area contributed by atoms with E-state index in [1.165, 1.54) is 19.0 Å². The van der Waals surface area contributed by atoms with E-state index in [0.717, 1.165) is 0 Å². The quantitative estimate of drug-likeness (QED) is 0.178. The van der Waals surface area contributed by atoms with Crippen molar-refractivity contribution in [2.75, 3.05) is 39.7 Å². The zero-order valence-corrected chi connectivity index (χ0v) is 24.0. The van der Waals surface area contributed by atoms with Crippen molar-refractivity contribution in [2.45, 2.75) is 37.5 Å². The van der Waals surface area contributed by atoms with E-state index >= 15 is 0 Å². The molecule has 2 saturated carbocycles. The second-order valence-corrected chi connectivity index (χ2v) is 11.5. The van der Waals surface area contributed by atoms with Crippen molar-refractivity contribution in [2.24, 2.45) is 29.4 Å². The van der Waals surface area contributed by atoms with Crippen LogP contribution >= 0.6 is 0 Å². The van der Waals surface area contributed by atoms with Crippen LogP contribution in [0.25, 0.3) is 0 Å². The topological polar surface area (TPSA) is 197 Å². The van der Waals surface area contributed by atoms with Crippen molar-refractivity contribution in [1.82, 2.24) is 10.2 Å². The van der Waals surface area contributed by atoms with Crippen molar-refractivity contribution >= 4 is 40.8 Å². The van der Waals surface area contributed by atoms with Crippen LogP contribution in [0.1, 0.15) is 34.3 Å². The van der Waals surface area contributed by atoms with E-state index in [2.05, 4.69) is 11.9 Å². The molecule has 3 aliphatic carbocycles. The molecule has 1 aromatic carbocycles. The van der Waals surface area contributed by atoms with Crippen LogP contribution in [0.2, 0.25) is 0 Å². The lowest BCUT2D eigenvalue weighted by Crippen LogP contribution is -2.74. The molecule has 2 fully saturated rings. The van der Waals surface area contributed by atoms with Crippen molar-refractivity contribution in [3.8, 4) is 5.75 Å². The van der Waals surface area contributed by atoms with Gasteiger partial charge in [-0.1, -0.05) is 6.08 Å². The van der Waals surface area contributed by atoms with Crippen LogP contribution in [-0.4, -0.2) is 96.7 Å². The summed E-state index contributed by atoms with van der Waals surface area (Å²) in [5, 5.41) is 25.5. The van der Waals surface area contributed by atoms with Crippen LogP contribution in [-0.2, 0) is 36.9 Å².